The molecule has 1 aromatic heterocycles. The summed E-state index contributed by atoms with van der Waals surface area (Å²) in [5.74, 6) is 1.02. The van der Waals surface area contributed by atoms with Crippen LogP contribution in [0.25, 0.3) is 0 Å². The molecule has 0 aliphatic heterocycles. The van der Waals surface area contributed by atoms with Crippen molar-refractivity contribution >= 4 is 41.3 Å². The number of rotatable bonds is 5. The highest BCUT2D eigenvalue weighted by atomic mass is 127. The van der Waals surface area contributed by atoms with E-state index in [0.29, 0.717) is 5.41 Å². The van der Waals surface area contributed by atoms with Gasteiger partial charge in [-0.1, -0.05) is 25.8 Å². The second-order valence-corrected chi connectivity index (χ2v) is 7.20. The number of nitrogens with one attached hydrogen (secondary N) is 1. The average Bonchev–Trinajstić information content (AvgIpc) is 3.09. The maximum absolute atomic E-state index is 4.41. The smallest absolute Gasteiger partial charge is 0.193 e. The highest BCUT2D eigenvalue weighted by molar-refractivity contribution is 14.0. The molecule has 0 amide bonds. The normalized spacial score (nSPS) is 17.4. The number of aliphatic imine (C=N–C) groups is 1. The maximum atomic E-state index is 4.41. The predicted molar refractivity (Wildman–Crippen MR) is 104 cm³/mol. The number of hydrogen-bond acceptors (Lipinski definition) is 2. The third kappa shape index (κ3) is 5.77. The van der Waals surface area contributed by atoms with Crippen LogP contribution >= 0.6 is 35.3 Å². The first kappa shape index (κ1) is 18.7. The van der Waals surface area contributed by atoms with Crippen molar-refractivity contribution in [1.82, 2.24) is 10.2 Å². The van der Waals surface area contributed by atoms with Gasteiger partial charge in [0.25, 0.3) is 0 Å². The molecule has 2 rings (SSSR count). The first-order valence-corrected chi connectivity index (χ1v) is 8.45. The van der Waals surface area contributed by atoms with Crippen LogP contribution in [-0.4, -0.2) is 38.0 Å². The van der Waals surface area contributed by atoms with Crippen LogP contribution in [-0.2, 0) is 6.42 Å². The summed E-state index contributed by atoms with van der Waals surface area (Å²) in [4.78, 5) is 8.09. The van der Waals surface area contributed by atoms with E-state index in [1.807, 2.05) is 18.4 Å². The number of likely N-dealkylation sites (N-methyl/N-ethyl adjacent to an activating group) is 1. The molecule has 1 heterocycles. The molecule has 0 bridgehead atoms. The number of guanidine groups is 1. The summed E-state index contributed by atoms with van der Waals surface area (Å²) in [5, 5.41) is 5.70. The standard InChI is InChI=1S/C16H27N3S.HI/c1-16(9-4-5-10-16)13-18-15(17-2)19(3)11-8-14-7-6-12-20-14;/h6-7,12H,4-5,8-11,13H2,1-3H3,(H,17,18);1H. The summed E-state index contributed by atoms with van der Waals surface area (Å²) < 4.78 is 0. The van der Waals surface area contributed by atoms with Gasteiger partial charge in [0.05, 0.1) is 0 Å². The molecular weight excluding hydrogens is 393 g/mol. The van der Waals surface area contributed by atoms with Gasteiger partial charge >= 0.3 is 0 Å². The molecule has 1 saturated carbocycles. The zero-order valence-corrected chi connectivity index (χ0v) is 16.5. The fourth-order valence-corrected chi connectivity index (χ4v) is 3.62. The Labute approximate surface area is 150 Å². The Balaban J connectivity index is 0.00000220. The van der Waals surface area contributed by atoms with E-state index in [1.54, 1.807) is 0 Å². The zero-order chi connectivity index (χ0) is 14.4. The van der Waals surface area contributed by atoms with Crippen LogP contribution in [0.4, 0.5) is 0 Å². The zero-order valence-electron chi connectivity index (χ0n) is 13.4. The number of thiophene rings is 1. The van der Waals surface area contributed by atoms with Crippen molar-refractivity contribution in [2.24, 2.45) is 10.4 Å². The minimum absolute atomic E-state index is 0. The Morgan fingerprint density at radius 3 is 2.71 bits per heavy atom. The molecule has 0 radical (unpaired) electrons. The van der Waals surface area contributed by atoms with Gasteiger partial charge in [-0.25, -0.2) is 0 Å². The third-order valence-corrected chi connectivity index (χ3v) is 5.27. The van der Waals surface area contributed by atoms with Gasteiger partial charge in [-0.05, 0) is 36.1 Å². The highest BCUT2D eigenvalue weighted by Gasteiger charge is 2.28. The van der Waals surface area contributed by atoms with E-state index in [9.17, 15) is 0 Å². The lowest BCUT2D eigenvalue weighted by Gasteiger charge is -2.28. The Hall–Kier alpha value is -0.300. The molecule has 0 unspecified atom stereocenters. The first-order chi connectivity index (χ1) is 9.63. The van der Waals surface area contributed by atoms with E-state index in [2.05, 4.69) is 46.7 Å². The molecular formula is C16H28IN3S. The molecule has 0 aromatic carbocycles. The van der Waals surface area contributed by atoms with Crippen molar-refractivity contribution in [2.45, 2.75) is 39.0 Å². The Kier molecular flexibility index (Phi) is 8.02. The van der Waals surface area contributed by atoms with Crippen LogP contribution in [0, 0.1) is 5.41 Å². The molecule has 1 aliphatic carbocycles. The van der Waals surface area contributed by atoms with Crippen molar-refractivity contribution in [3.05, 3.63) is 22.4 Å². The molecule has 3 nitrogen and oxygen atoms in total. The number of halogens is 1. The minimum atomic E-state index is 0. The minimum Gasteiger partial charge on any atom is -0.356 e. The second-order valence-electron chi connectivity index (χ2n) is 6.17. The number of nitrogens with zero attached hydrogens (tertiary/aromatic N) is 2. The molecule has 120 valence electrons. The Bertz CT molecular complexity index is 425. The second kappa shape index (κ2) is 8.98. The van der Waals surface area contributed by atoms with Crippen molar-refractivity contribution in [3.8, 4) is 0 Å². The topological polar surface area (TPSA) is 27.6 Å². The molecule has 1 aromatic rings. The molecule has 5 heteroatoms. The summed E-state index contributed by atoms with van der Waals surface area (Å²) >= 11 is 1.83. The summed E-state index contributed by atoms with van der Waals surface area (Å²) in [5.41, 5.74) is 0.463. The molecule has 0 atom stereocenters. The van der Waals surface area contributed by atoms with Gasteiger partial charge in [0.15, 0.2) is 5.96 Å². The van der Waals surface area contributed by atoms with Crippen LogP contribution < -0.4 is 5.32 Å². The van der Waals surface area contributed by atoms with E-state index in [4.69, 9.17) is 0 Å². The quantitative estimate of drug-likeness (QED) is 0.442. The van der Waals surface area contributed by atoms with E-state index in [0.717, 1.165) is 25.5 Å². The third-order valence-electron chi connectivity index (χ3n) is 4.33. The summed E-state index contributed by atoms with van der Waals surface area (Å²) in [6.45, 7) is 4.45. The predicted octanol–water partition coefficient (Wildman–Crippen LogP) is 4.00. The van der Waals surface area contributed by atoms with E-state index >= 15 is 0 Å². The van der Waals surface area contributed by atoms with Crippen LogP contribution in [0.3, 0.4) is 0 Å². The highest BCUT2D eigenvalue weighted by Crippen LogP contribution is 2.36. The Morgan fingerprint density at radius 1 is 1.43 bits per heavy atom. The largest absolute Gasteiger partial charge is 0.356 e. The van der Waals surface area contributed by atoms with Gasteiger partial charge in [0.1, 0.15) is 0 Å². The first-order valence-electron chi connectivity index (χ1n) is 7.57. The van der Waals surface area contributed by atoms with Crippen LogP contribution in [0.15, 0.2) is 22.5 Å². The lowest BCUT2D eigenvalue weighted by molar-refractivity contribution is 0.327. The fraction of sp³-hybridized carbons (Fsp3) is 0.688. The summed E-state index contributed by atoms with van der Waals surface area (Å²) in [7, 11) is 4.00. The molecule has 1 fully saturated rings. The fourth-order valence-electron chi connectivity index (χ4n) is 2.92. The van der Waals surface area contributed by atoms with Gasteiger partial charge in [-0.2, -0.15) is 0 Å². The van der Waals surface area contributed by atoms with E-state index < -0.39 is 0 Å². The number of hydrogen-bond donors (Lipinski definition) is 1. The van der Waals surface area contributed by atoms with E-state index in [-0.39, 0.29) is 24.0 Å². The Morgan fingerprint density at radius 2 is 2.14 bits per heavy atom. The molecule has 0 saturated heterocycles. The lowest BCUT2D eigenvalue weighted by atomic mass is 9.89. The van der Waals surface area contributed by atoms with E-state index in [1.165, 1.54) is 30.6 Å². The van der Waals surface area contributed by atoms with Gasteiger partial charge in [0.2, 0.25) is 0 Å². The van der Waals surface area contributed by atoms with Gasteiger partial charge in [0, 0.05) is 32.1 Å². The molecule has 0 spiro atoms. The molecule has 1 N–H and O–H groups in total. The van der Waals surface area contributed by atoms with Crippen molar-refractivity contribution < 1.29 is 0 Å². The lowest BCUT2D eigenvalue weighted by Crippen LogP contribution is -2.43. The van der Waals surface area contributed by atoms with Crippen molar-refractivity contribution in [1.29, 1.82) is 0 Å². The van der Waals surface area contributed by atoms with Crippen molar-refractivity contribution in [2.75, 3.05) is 27.2 Å². The SMILES string of the molecule is CN=C(NCC1(C)CCCC1)N(C)CCc1cccs1.I. The van der Waals surface area contributed by atoms with Crippen molar-refractivity contribution in [3.63, 3.8) is 0 Å². The average molecular weight is 421 g/mol. The summed E-state index contributed by atoms with van der Waals surface area (Å²) in [6, 6.07) is 4.32. The monoisotopic (exact) mass is 421 g/mol. The van der Waals surface area contributed by atoms with Gasteiger partial charge in [-0.3, -0.25) is 4.99 Å². The van der Waals surface area contributed by atoms with Crippen LogP contribution in [0.1, 0.15) is 37.5 Å². The van der Waals surface area contributed by atoms with Crippen LogP contribution in [0.5, 0.6) is 0 Å². The van der Waals surface area contributed by atoms with Gasteiger partial charge < -0.3 is 10.2 Å². The molecule has 21 heavy (non-hydrogen) atoms. The maximum Gasteiger partial charge on any atom is 0.193 e. The van der Waals surface area contributed by atoms with Gasteiger partial charge in [-0.15, -0.1) is 35.3 Å². The summed E-state index contributed by atoms with van der Waals surface area (Å²) in [6.07, 6.45) is 6.54. The van der Waals surface area contributed by atoms with Crippen LogP contribution in [0.2, 0.25) is 0 Å². The molecule has 1 aliphatic rings.